The Balaban J connectivity index is 1.31. The highest BCUT2D eigenvalue weighted by Gasteiger charge is 2.25. The lowest BCUT2D eigenvalue weighted by Crippen LogP contribution is -2.50. The number of morpholine rings is 1. The molecule has 2 saturated heterocycles. The van der Waals surface area contributed by atoms with Crippen molar-refractivity contribution in [2.24, 2.45) is 0 Å². The fourth-order valence-corrected chi connectivity index (χ4v) is 4.55. The molecule has 0 aliphatic carbocycles. The van der Waals surface area contributed by atoms with Crippen LogP contribution in [0.2, 0.25) is 0 Å². The Morgan fingerprint density at radius 1 is 1.03 bits per heavy atom. The van der Waals surface area contributed by atoms with Crippen molar-refractivity contribution in [3.05, 3.63) is 48.5 Å². The van der Waals surface area contributed by atoms with Crippen molar-refractivity contribution in [3.8, 4) is 5.75 Å². The number of para-hydroxylation sites is 2. The molecule has 10 heteroatoms. The van der Waals surface area contributed by atoms with Gasteiger partial charge in [-0.1, -0.05) is 12.1 Å². The predicted molar refractivity (Wildman–Crippen MR) is 136 cm³/mol. The van der Waals surface area contributed by atoms with Gasteiger partial charge in [-0.2, -0.15) is 0 Å². The molecule has 1 aromatic carbocycles. The SMILES string of the molecule is CCOc1ccccc1N1CCN(C(=O)CCN(CCN2CCOCC2)C(=O)c2cnccn2)CC1. The molecule has 2 aliphatic rings. The van der Waals surface area contributed by atoms with Gasteiger partial charge in [0, 0.05) is 77.7 Å². The first kappa shape index (κ1) is 25.8. The molecule has 0 saturated carbocycles. The highest BCUT2D eigenvalue weighted by molar-refractivity contribution is 5.92. The summed E-state index contributed by atoms with van der Waals surface area (Å²) in [5.41, 5.74) is 1.36. The summed E-state index contributed by atoms with van der Waals surface area (Å²) in [5.74, 6) is 0.746. The Bertz CT molecular complexity index is 977. The number of hydrogen-bond donors (Lipinski definition) is 0. The Morgan fingerprint density at radius 2 is 1.81 bits per heavy atom. The second kappa shape index (κ2) is 13.2. The van der Waals surface area contributed by atoms with Crippen LogP contribution in [0.25, 0.3) is 0 Å². The maximum atomic E-state index is 13.1. The van der Waals surface area contributed by atoms with Crippen LogP contribution in [0.1, 0.15) is 23.8 Å². The zero-order valence-corrected chi connectivity index (χ0v) is 21.1. The molecule has 1 aromatic heterocycles. The lowest BCUT2D eigenvalue weighted by Gasteiger charge is -2.37. The van der Waals surface area contributed by atoms with Crippen molar-refractivity contribution in [3.63, 3.8) is 0 Å². The molecular formula is C26H36N6O4. The van der Waals surface area contributed by atoms with Crippen molar-refractivity contribution >= 4 is 17.5 Å². The molecule has 4 rings (SSSR count). The number of carbonyl (C=O) groups is 2. The second-order valence-corrected chi connectivity index (χ2v) is 8.86. The van der Waals surface area contributed by atoms with E-state index in [1.54, 1.807) is 11.1 Å². The Labute approximate surface area is 212 Å². The highest BCUT2D eigenvalue weighted by atomic mass is 16.5. The van der Waals surface area contributed by atoms with Crippen LogP contribution in [0.15, 0.2) is 42.9 Å². The molecule has 2 amide bonds. The number of piperazine rings is 1. The van der Waals surface area contributed by atoms with E-state index in [-0.39, 0.29) is 18.2 Å². The van der Waals surface area contributed by atoms with Crippen molar-refractivity contribution in [1.29, 1.82) is 0 Å². The zero-order valence-electron chi connectivity index (χ0n) is 21.1. The smallest absolute Gasteiger partial charge is 0.274 e. The van der Waals surface area contributed by atoms with E-state index in [2.05, 4.69) is 25.8 Å². The van der Waals surface area contributed by atoms with Crippen LogP contribution in [0.4, 0.5) is 5.69 Å². The standard InChI is InChI=1S/C26H36N6O4/c1-2-36-24-6-4-3-5-23(24)30-13-15-31(16-14-30)25(33)7-10-32(12-11-29-17-19-35-20-18-29)26(34)22-21-27-8-9-28-22/h3-6,8-9,21H,2,7,10-20H2,1H3. The van der Waals surface area contributed by atoms with Crippen molar-refractivity contribution in [2.75, 3.05) is 83.6 Å². The zero-order chi connectivity index (χ0) is 25.2. The number of rotatable bonds is 10. The number of amides is 2. The van der Waals surface area contributed by atoms with Gasteiger partial charge < -0.3 is 24.2 Å². The minimum absolute atomic E-state index is 0.0658. The van der Waals surface area contributed by atoms with Gasteiger partial charge in [-0.3, -0.25) is 19.5 Å². The van der Waals surface area contributed by atoms with Gasteiger partial charge in [0.2, 0.25) is 5.91 Å². The van der Waals surface area contributed by atoms with Gasteiger partial charge in [-0.05, 0) is 19.1 Å². The first-order chi connectivity index (χ1) is 17.7. The van der Waals surface area contributed by atoms with E-state index in [4.69, 9.17) is 9.47 Å². The van der Waals surface area contributed by atoms with E-state index >= 15 is 0 Å². The summed E-state index contributed by atoms with van der Waals surface area (Å²) in [6, 6.07) is 8.03. The second-order valence-electron chi connectivity index (χ2n) is 8.86. The molecule has 2 aromatic rings. The third-order valence-corrected chi connectivity index (χ3v) is 6.59. The Hall–Kier alpha value is -3.24. The minimum Gasteiger partial charge on any atom is -0.492 e. The molecular weight excluding hydrogens is 460 g/mol. The number of nitrogens with zero attached hydrogens (tertiary/aromatic N) is 6. The molecule has 0 spiro atoms. The molecule has 36 heavy (non-hydrogen) atoms. The highest BCUT2D eigenvalue weighted by Crippen LogP contribution is 2.28. The summed E-state index contributed by atoms with van der Waals surface area (Å²) in [4.78, 5) is 42.6. The number of ether oxygens (including phenoxy) is 2. The summed E-state index contributed by atoms with van der Waals surface area (Å²) in [6.45, 7) is 10.1. The summed E-state index contributed by atoms with van der Waals surface area (Å²) in [7, 11) is 0. The molecule has 10 nitrogen and oxygen atoms in total. The number of aromatic nitrogens is 2. The van der Waals surface area contributed by atoms with E-state index in [0.29, 0.717) is 51.7 Å². The topological polar surface area (TPSA) is 91.3 Å². The van der Waals surface area contributed by atoms with E-state index < -0.39 is 0 Å². The van der Waals surface area contributed by atoms with Crippen molar-refractivity contribution in [2.45, 2.75) is 13.3 Å². The van der Waals surface area contributed by atoms with Gasteiger partial charge in [0.05, 0.1) is 31.7 Å². The number of benzene rings is 1. The Morgan fingerprint density at radius 3 is 2.53 bits per heavy atom. The average Bonchev–Trinajstić information content (AvgIpc) is 2.94. The molecule has 194 valence electrons. The first-order valence-corrected chi connectivity index (χ1v) is 12.8. The van der Waals surface area contributed by atoms with E-state index in [1.165, 1.54) is 12.4 Å². The molecule has 0 atom stereocenters. The van der Waals surface area contributed by atoms with Crippen LogP contribution in [-0.4, -0.2) is 115 Å². The van der Waals surface area contributed by atoms with Crippen LogP contribution in [0, 0.1) is 0 Å². The fraction of sp³-hybridized carbons (Fsp3) is 0.538. The normalized spacial score (nSPS) is 16.6. The third kappa shape index (κ3) is 6.92. The number of carbonyl (C=O) groups excluding carboxylic acids is 2. The third-order valence-electron chi connectivity index (χ3n) is 6.59. The lowest BCUT2D eigenvalue weighted by atomic mass is 10.2. The van der Waals surface area contributed by atoms with Crippen LogP contribution in [0.5, 0.6) is 5.75 Å². The lowest BCUT2D eigenvalue weighted by molar-refractivity contribution is -0.131. The van der Waals surface area contributed by atoms with Gasteiger partial charge in [0.25, 0.3) is 5.91 Å². The maximum absolute atomic E-state index is 13.1. The number of hydrogen-bond acceptors (Lipinski definition) is 8. The van der Waals surface area contributed by atoms with Crippen molar-refractivity contribution in [1.82, 2.24) is 24.7 Å². The molecule has 0 unspecified atom stereocenters. The molecule has 3 heterocycles. The summed E-state index contributed by atoms with van der Waals surface area (Å²) in [5, 5.41) is 0. The molecule has 2 aliphatic heterocycles. The summed E-state index contributed by atoms with van der Waals surface area (Å²) in [6.07, 6.45) is 4.82. The quantitative estimate of drug-likeness (QED) is 0.488. The Kier molecular flexibility index (Phi) is 9.46. The minimum atomic E-state index is -0.193. The van der Waals surface area contributed by atoms with Crippen molar-refractivity contribution < 1.29 is 19.1 Å². The van der Waals surface area contributed by atoms with Gasteiger partial charge in [0.15, 0.2) is 0 Å². The van der Waals surface area contributed by atoms with Crippen LogP contribution >= 0.6 is 0 Å². The van der Waals surface area contributed by atoms with Crippen LogP contribution < -0.4 is 9.64 Å². The van der Waals surface area contributed by atoms with Gasteiger partial charge in [-0.25, -0.2) is 4.98 Å². The monoisotopic (exact) mass is 496 g/mol. The maximum Gasteiger partial charge on any atom is 0.274 e. The molecule has 2 fully saturated rings. The molecule has 0 radical (unpaired) electrons. The van der Waals surface area contributed by atoms with Gasteiger partial charge in [0.1, 0.15) is 11.4 Å². The summed E-state index contributed by atoms with van der Waals surface area (Å²) < 4.78 is 11.2. The van der Waals surface area contributed by atoms with E-state index in [9.17, 15) is 9.59 Å². The molecule has 0 N–H and O–H groups in total. The average molecular weight is 497 g/mol. The summed E-state index contributed by atoms with van der Waals surface area (Å²) >= 11 is 0. The van der Waals surface area contributed by atoms with Crippen LogP contribution in [-0.2, 0) is 9.53 Å². The van der Waals surface area contributed by atoms with Gasteiger partial charge in [-0.15, -0.1) is 0 Å². The van der Waals surface area contributed by atoms with E-state index in [0.717, 1.165) is 44.2 Å². The van der Waals surface area contributed by atoms with Crippen LogP contribution in [0.3, 0.4) is 0 Å². The van der Waals surface area contributed by atoms with Gasteiger partial charge >= 0.3 is 0 Å². The molecule has 0 bridgehead atoms. The predicted octanol–water partition coefficient (Wildman–Crippen LogP) is 1.39. The number of anilines is 1. The van der Waals surface area contributed by atoms with E-state index in [1.807, 2.05) is 30.0 Å². The largest absolute Gasteiger partial charge is 0.492 e. The fourth-order valence-electron chi connectivity index (χ4n) is 4.55. The first-order valence-electron chi connectivity index (χ1n) is 12.8.